The molecule has 27 heavy (non-hydrogen) atoms. The maximum atomic E-state index is 14.4. The molecule has 152 valence electrons. The number of ether oxygens (including phenoxy) is 2. The average molecular weight is 396 g/mol. The Morgan fingerprint density at radius 3 is 2.30 bits per heavy atom. The van der Waals surface area contributed by atoms with Crippen molar-refractivity contribution in [3.05, 3.63) is 36.4 Å². The van der Waals surface area contributed by atoms with Crippen molar-refractivity contribution in [3.63, 3.8) is 0 Å². The third-order valence-electron chi connectivity index (χ3n) is 4.63. The van der Waals surface area contributed by atoms with Crippen LogP contribution in [0.25, 0.3) is 0 Å². The van der Waals surface area contributed by atoms with Gasteiger partial charge in [0.2, 0.25) is 0 Å². The average Bonchev–Trinajstić information content (AvgIpc) is 2.56. The molecule has 0 radical (unpaired) electrons. The van der Waals surface area contributed by atoms with Gasteiger partial charge in [-0.05, 0) is 43.7 Å². The molecule has 0 bridgehead atoms. The fourth-order valence-electron chi connectivity index (χ4n) is 3.26. The molecule has 0 aromatic heterocycles. The summed E-state index contributed by atoms with van der Waals surface area (Å²) in [7, 11) is 0. The second kappa shape index (κ2) is 8.89. The lowest BCUT2D eigenvalue weighted by atomic mass is 9.79. The van der Waals surface area contributed by atoms with E-state index in [1.165, 1.54) is 0 Å². The Bertz CT molecular complexity index is 634. The van der Waals surface area contributed by atoms with E-state index in [0.717, 1.165) is 25.0 Å². The standard InChI is InChI=1S/C19H22F6O2/c1-2-3-13-4-6-14(7-5-13)19(24,25)27-15-8-9-17(16(20)12-15)26-11-10-18(21,22)23/h8-14H,2-7H2,1H3. The van der Waals surface area contributed by atoms with Gasteiger partial charge in [-0.3, -0.25) is 0 Å². The highest BCUT2D eigenvalue weighted by Crippen LogP contribution is 2.41. The topological polar surface area (TPSA) is 18.5 Å². The van der Waals surface area contributed by atoms with E-state index in [0.29, 0.717) is 37.7 Å². The van der Waals surface area contributed by atoms with Gasteiger partial charge in [-0.15, -0.1) is 0 Å². The van der Waals surface area contributed by atoms with Gasteiger partial charge in [-0.1, -0.05) is 19.8 Å². The molecule has 0 spiro atoms. The maximum absolute atomic E-state index is 14.4. The van der Waals surface area contributed by atoms with Gasteiger partial charge in [0.05, 0.1) is 18.3 Å². The Hall–Kier alpha value is -1.86. The molecule has 0 amide bonds. The monoisotopic (exact) mass is 396 g/mol. The quantitative estimate of drug-likeness (QED) is 0.370. The highest BCUT2D eigenvalue weighted by atomic mass is 19.4. The van der Waals surface area contributed by atoms with Crippen LogP contribution in [0.1, 0.15) is 45.4 Å². The minimum atomic E-state index is -4.60. The Morgan fingerprint density at radius 1 is 1.07 bits per heavy atom. The van der Waals surface area contributed by atoms with Crippen molar-refractivity contribution in [1.29, 1.82) is 0 Å². The van der Waals surface area contributed by atoms with E-state index < -0.39 is 35.5 Å². The third-order valence-corrected chi connectivity index (χ3v) is 4.63. The minimum absolute atomic E-state index is 0.208. The van der Waals surface area contributed by atoms with Crippen molar-refractivity contribution in [2.75, 3.05) is 0 Å². The van der Waals surface area contributed by atoms with E-state index in [1.807, 2.05) is 0 Å². The molecule has 1 aromatic carbocycles. The molecule has 0 N–H and O–H groups in total. The molecule has 1 aliphatic rings. The molecule has 0 unspecified atom stereocenters. The highest BCUT2D eigenvalue weighted by Gasteiger charge is 2.43. The van der Waals surface area contributed by atoms with Crippen molar-refractivity contribution in [1.82, 2.24) is 0 Å². The third kappa shape index (κ3) is 6.66. The van der Waals surface area contributed by atoms with Gasteiger partial charge in [-0.2, -0.15) is 22.0 Å². The molecule has 0 atom stereocenters. The zero-order valence-electron chi connectivity index (χ0n) is 14.9. The van der Waals surface area contributed by atoms with Crippen LogP contribution in [0.5, 0.6) is 11.5 Å². The molecule has 1 saturated carbocycles. The van der Waals surface area contributed by atoms with Crippen LogP contribution < -0.4 is 9.47 Å². The Balaban J connectivity index is 1.96. The summed E-state index contributed by atoms with van der Waals surface area (Å²) in [6.07, 6.45) is -3.83. The molecule has 0 saturated heterocycles. The maximum Gasteiger partial charge on any atom is 0.412 e. The molecule has 0 heterocycles. The summed E-state index contributed by atoms with van der Waals surface area (Å²) in [6.45, 7) is 2.06. The molecule has 2 rings (SSSR count). The number of benzene rings is 1. The first-order chi connectivity index (χ1) is 12.6. The number of allylic oxidation sites excluding steroid dienone is 1. The van der Waals surface area contributed by atoms with Crippen LogP contribution >= 0.6 is 0 Å². The summed E-state index contributed by atoms with van der Waals surface area (Å²) in [5.41, 5.74) is 0. The minimum Gasteiger partial charge on any atom is -0.462 e. The van der Waals surface area contributed by atoms with E-state index >= 15 is 0 Å². The van der Waals surface area contributed by atoms with Gasteiger partial charge < -0.3 is 9.47 Å². The van der Waals surface area contributed by atoms with Crippen LogP contribution in [0.4, 0.5) is 26.3 Å². The highest BCUT2D eigenvalue weighted by molar-refractivity contribution is 5.33. The SMILES string of the molecule is CCCC1CCC(C(F)(F)Oc2ccc(OC=CC(F)(F)F)c(F)c2)CC1. The second-order valence-electron chi connectivity index (χ2n) is 6.72. The van der Waals surface area contributed by atoms with Crippen molar-refractivity contribution >= 4 is 0 Å². The smallest absolute Gasteiger partial charge is 0.412 e. The zero-order chi connectivity index (χ0) is 20.1. The molecular formula is C19H22F6O2. The lowest BCUT2D eigenvalue weighted by molar-refractivity contribution is -0.223. The van der Waals surface area contributed by atoms with Crippen LogP contribution in [-0.4, -0.2) is 12.3 Å². The first-order valence-corrected chi connectivity index (χ1v) is 8.88. The molecule has 8 heteroatoms. The Morgan fingerprint density at radius 2 is 1.74 bits per heavy atom. The van der Waals surface area contributed by atoms with Gasteiger partial charge in [-0.25, -0.2) is 4.39 Å². The van der Waals surface area contributed by atoms with Crippen LogP contribution in [0.15, 0.2) is 30.5 Å². The van der Waals surface area contributed by atoms with E-state index in [2.05, 4.69) is 11.7 Å². The molecule has 0 aliphatic heterocycles. The summed E-state index contributed by atoms with van der Waals surface area (Å²) in [5.74, 6) is -2.51. The number of halogens is 6. The number of alkyl halides is 5. The normalized spacial score (nSPS) is 21.4. The van der Waals surface area contributed by atoms with Gasteiger partial charge in [0.15, 0.2) is 11.6 Å². The fraction of sp³-hybridized carbons (Fsp3) is 0.579. The van der Waals surface area contributed by atoms with Crippen molar-refractivity contribution in [3.8, 4) is 11.5 Å². The Labute approximate surface area is 154 Å². The van der Waals surface area contributed by atoms with E-state index in [-0.39, 0.29) is 12.3 Å². The summed E-state index contributed by atoms with van der Waals surface area (Å²) in [4.78, 5) is 0. The first kappa shape index (κ1) is 21.4. The van der Waals surface area contributed by atoms with Gasteiger partial charge in [0.1, 0.15) is 5.75 Å². The first-order valence-electron chi connectivity index (χ1n) is 8.88. The van der Waals surface area contributed by atoms with Crippen molar-refractivity contribution in [2.45, 2.75) is 57.7 Å². The number of hydrogen-bond acceptors (Lipinski definition) is 2. The fourth-order valence-corrected chi connectivity index (χ4v) is 3.26. The van der Waals surface area contributed by atoms with Crippen LogP contribution in [-0.2, 0) is 0 Å². The van der Waals surface area contributed by atoms with E-state index in [1.54, 1.807) is 0 Å². The lowest BCUT2D eigenvalue weighted by Crippen LogP contribution is -2.37. The van der Waals surface area contributed by atoms with Gasteiger partial charge in [0, 0.05) is 6.07 Å². The Kier molecular flexibility index (Phi) is 7.06. The van der Waals surface area contributed by atoms with Crippen molar-refractivity contribution < 1.29 is 35.8 Å². The van der Waals surface area contributed by atoms with Gasteiger partial charge in [0.25, 0.3) is 0 Å². The molecule has 1 fully saturated rings. The van der Waals surface area contributed by atoms with Gasteiger partial charge >= 0.3 is 12.3 Å². The summed E-state index contributed by atoms with van der Waals surface area (Å²) in [5, 5.41) is 0. The van der Waals surface area contributed by atoms with E-state index in [4.69, 9.17) is 4.74 Å². The number of hydrogen-bond donors (Lipinski definition) is 0. The molecule has 2 nitrogen and oxygen atoms in total. The summed E-state index contributed by atoms with van der Waals surface area (Å²) < 4.78 is 87.8. The van der Waals surface area contributed by atoms with Crippen LogP contribution in [0.3, 0.4) is 0 Å². The second-order valence-corrected chi connectivity index (χ2v) is 6.72. The van der Waals surface area contributed by atoms with Crippen LogP contribution in [0.2, 0.25) is 0 Å². The zero-order valence-corrected chi connectivity index (χ0v) is 14.9. The number of rotatable bonds is 7. The summed E-state index contributed by atoms with van der Waals surface area (Å²) >= 11 is 0. The lowest BCUT2D eigenvalue weighted by Gasteiger charge is -2.33. The predicted octanol–water partition coefficient (Wildman–Crippen LogP) is 6.86. The molecular weight excluding hydrogens is 374 g/mol. The predicted molar refractivity (Wildman–Crippen MR) is 88.2 cm³/mol. The molecule has 1 aliphatic carbocycles. The van der Waals surface area contributed by atoms with Crippen molar-refractivity contribution in [2.24, 2.45) is 11.8 Å². The molecule has 1 aromatic rings. The van der Waals surface area contributed by atoms with Crippen LogP contribution in [0, 0.1) is 17.7 Å². The summed E-state index contributed by atoms with van der Waals surface area (Å²) in [6, 6.07) is 2.66. The van der Waals surface area contributed by atoms with E-state index in [9.17, 15) is 26.3 Å². The largest absolute Gasteiger partial charge is 0.462 e.